The first-order valence-electron chi connectivity index (χ1n) is 7.37. The molecule has 5 heteroatoms. The van der Waals surface area contributed by atoms with Crippen LogP contribution in [0.15, 0.2) is 30.6 Å². The Morgan fingerprint density at radius 1 is 1.29 bits per heavy atom. The molecule has 0 fully saturated rings. The van der Waals surface area contributed by atoms with Crippen LogP contribution >= 0.6 is 11.6 Å². The fourth-order valence-electron chi connectivity index (χ4n) is 2.39. The number of nitrogens with one attached hydrogen (secondary N) is 1. The predicted octanol–water partition coefficient (Wildman–Crippen LogP) is 2.96. The first kappa shape index (κ1) is 16.0. The van der Waals surface area contributed by atoms with Crippen LogP contribution in [0, 0.1) is 5.92 Å². The highest BCUT2D eigenvalue weighted by Gasteiger charge is 2.14. The summed E-state index contributed by atoms with van der Waals surface area (Å²) in [5.74, 6) is 1.59. The van der Waals surface area contributed by atoms with Gasteiger partial charge in [0.15, 0.2) is 0 Å². The van der Waals surface area contributed by atoms with E-state index in [9.17, 15) is 0 Å². The largest absolute Gasteiger partial charge is 0.316 e. The van der Waals surface area contributed by atoms with Crippen molar-refractivity contribution in [2.75, 3.05) is 7.05 Å². The Bertz CT molecular complexity index is 565. The number of benzene rings is 1. The van der Waals surface area contributed by atoms with E-state index in [4.69, 9.17) is 11.6 Å². The molecule has 1 aromatic heterocycles. The van der Waals surface area contributed by atoms with Crippen LogP contribution in [0.2, 0.25) is 5.02 Å². The highest BCUT2D eigenvalue weighted by Crippen LogP contribution is 2.14. The van der Waals surface area contributed by atoms with Gasteiger partial charge in [0.2, 0.25) is 0 Å². The van der Waals surface area contributed by atoms with Gasteiger partial charge < -0.3 is 5.32 Å². The molecule has 2 rings (SSSR count). The Labute approximate surface area is 131 Å². The van der Waals surface area contributed by atoms with E-state index in [-0.39, 0.29) is 0 Å². The topological polar surface area (TPSA) is 42.7 Å². The zero-order valence-corrected chi connectivity index (χ0v) is 13.6. The van der Waals surface area contributed by atoms with Crippen LogP contribution in [-0.4, -0.2) is 27.9 Å². The molecule has 0 saturated carbocycles. The van der Waals surface area contributed by atoms with Gasteiger partial charge in [0.05, 0.1) is 0 Å². The van der Waals surface area contributed by atoms with E-state index in [1.54, 1.807) is 6.33 Å². The van der Waals surface area contributed by atoms with Crippen LogP contribution in [0.3, 0.4) is 0 Å². The summed E-state index contributed by atoms with van der Waals surface area (Å²) in [6.45, 7) is 5.28. The zero-order valence-electron chi connectivity index (χ0n) is 12.9. The van der Waals surface area contributed by atoms with Crippen LogP contribution in [-0.2, 0) is 19.4 Å². The highest BCUT2D eigenvalue weighted by molar-refractivity contribution is 6.30. The molecule has 21 heavy (non-hydrogen) atoms. The van der Waals surface area contributed by atoms with Crippen LogP contribution in [0.25, 0.3) is 0 Å². The van der Waals surface area contributed by atoms with Gasteiger partial charge in [-0.25, -0.2) is 9.67 Å². The molecule has 0 saturated heterocycles. The van der Waals surface area contributed by atoms with Crippen molar-refractivity contribution in [3.05, 3.63) is 47.0 Å². The third-order valence-corrected chi connectivity index (χ3v) is 3.68. The van der Waals surface area contributed by atoms with E-state index in [2.05, 4.69) is 35.3 Å². The lowest BCUT2D eigenvalue weighted by molar-refractivity contribution is 0.447. The standard InChI is InChI=1S/C16H23ClN4/c1-12(2)10-21-16(19-11-20-21)9-15(18-3)8-13-5-4-6-14(17)7-13/h4-7,11-12,15,18H,8-10H2,1-3H3. The van der Waals surface area contributed by atoms with E-state index in [1.807, 2.05) is 29.9 Å². The van der Waals surface area contributed by atoms with Crippen LogP contribution in [0.4, 0.5) is 0 Å². The van der Waals surface area contributed by atoms with Crippen LogP contribution in [0.5, 0.6) is 0 Å². The summed E-state index contributed by atoms with van der Waals surface area (Å²) in [6, 6.07) is 8.34. The van der Waals surface area contributed by atoms with E-state index >= 15 is 0 Å². The lowest BCUT2D eigenvalue weighted by Gasteiger charge is -2.17. The van der Waals surface area contributed by atoms with E-state index in [0.29, 0.717) is 12.0 Å². The van der Waals surface area contributed by atoms with Gasteiger partial charge in [0.25, 0.3) is 0 Å². The Balaban J connectivity index is 2.04. The molecule has 1 aromatic carbocycles. The van der Waals surface area contributed by atoms with Gasteiger partial charge in [-0.3, -0.25) is 0 Å². The molecular weight excluding hydrogens is 284 g/mol. The average molecular weight is 307 g/mol. The Hall–Kier alpha value is -1.39. The van der Waals surface area contributed by atoms with E-state index < -0.39 is 0 Å². The van der Waals surface area contributed by atoms with Gasteiger partial charge in [-0.1, -0.05) is 37.6 Å². The number of likely N-dealkylation sites (N-methyl/N-ethyl adjacent to an activating group) is 1. The first-order chi connectivity index (χ1) is 10.1. The van der Waals surface area contributed by atoms with Gasteiger partial charge in [-0.2, -0.15) is 5.10 Å². The maximum absolute atomic E-state index is 6.05. The minimum absolute atomic E-state index is 0.318. The van der Waals surface area contributed by atoms with Gasteiger partial charge in [-0.05, 0) is 37.1 Å². The second kappa shape index (κ2) is 7.57. The molecule has 0 aliphatic heterocycles. The van der Waals surface area contributed by atoms with E-state index in [1.165, 1.54) is 5.56 Å². The monoisotopic (exact) mass is 306 g/mol. The molecule has 0 amide bonds. The second-order valence-electron chi connectivity index (χ2n) is 5.78. The minimum Gasteiger partial charge on any atom is -0.316 e. The van der Waals surface area contributed by atoms with Gasteiger partial charge >= 0.3 is 0 Å². The highest BCUT2D eigenvalue weighted by atomic mass is 35.5. The van der Waals surface area contributed by atoms with Crippen molar-refractivity contribution in [3.8, 4) is 0 Å². The molecule has 4 nitrogen and oxygen atoms in total. The van der Waals surface area contributed by atoms with Crippen molar-refractivity contribution in [2.24, 2.45) is 5.92 Å². The summed E-state index contributed by atoms with van der Waals surface area (Å²) < 4.78 is 2.01. The molecule has 0 radical (unpaired) electrons. The molecule has 0 bridgehead atoms. The molecule has 2 aromatic rings. The smallest absolute Gasteiger partial charge is 0.138 e. The second-order valence-corrected chi connectivity index (χ2v) is 6.21. The molecule has 1 unspecified atom stereocenters. The molecule has 1 N–H and O–H groups in total. The number of hydrogen-bond acceptors (Lipinski definition) is 3. The summed E-state index contributed by atoms with van der Waals surface area (Å²) >= 11 is 6.05. The van der Waals surface area contributed by atoms with Crippen molar-refractivity contribution in [1.82, 2.24) is 20.1 Å². The van der Waals surface area contributed by atoms with Gasteiger partial charge in [0.1, 0.15) is 12.2 Å². The molecule has 1 heterocycles. The van der Waals surface area contributed by atoms with Crippen molar-refractivity contribution in [1.29, 1.82) is 0 Å². The fourth-order valence-corrected chi connectivity index (χ4v) is 2.60. The van der Waals surface area contributed by atoms with Crippen LogP contribution in [0.1, 0.15) is 25.2 Å². The number of aromatic nitrogens is 3. The maximum Gasteiger partial charge on any atom is 0.138 e. The summed E-state index contributed by atoms with van der Waals surface area (Å²) in [5, 5.41) is 8.47. The van der Waals surface area contributed by atoms with Crippen molar-refractivity contribution in [2.45, 2.75) is 39.3 Å². The predicted molar refractivity (Wildman–Crippen MR) is 86.6 cm³/mol. The number of hydrogen-bond donors (Lipinski definition) is 1. The first-order valence-corrected chi connectivity index (χ1v) is 7.74. The van der Waals surface area contributed by atoms with Crippen LogP contribution < -0.4 is 5.32 Å². The Morgan fingerprint density at radius 3 is 2.76 bits per heavy atom. The molecule has 1 atom stereocenters. The lowest BCUT2D eigenvalue weighted by atomic mass is 10.0. The molecule has 114 valence electrons. The minimum atomic E-state index is 0.318. The zero-order chi connectivity index (χ0) is 15.2. The van der Waals surface area contributed by atoms with Crippen molar-refractivity contribution < 1.29 is 0 Å². The van der Waals surface area contributed by atoms with Gasteiger partial charge in [-0.15, -0.1) is 0 Å². The summed E-state index contributed by atoms with van der Waals surface area (Å²) in [7, 11) is 1.98. The molecular formula is C16H23ClN4. The summed E-state index contributed by atoms with van der Waals surface area (Å²) in [4.78, 5) is 4.40. The maximum atomic E-state index is 6.05. The Kier molecular flexibility index (Phi) is 5.76. The number of rotatable bonds is 7. The van der Waals surface area contributed by atoms with Crippen molar-refractivity contribution >= 4 is 11.6 Å². The SMILES string of the molecule is CNC(Cc1cccc(Cl)c1)Cc1ncnn1CC(C)C. The normalized spacial score (nSPS) is 12.8. The third-order valence-electron chi connectivity index (χ3n) is 3.44. The average Bonchev–Trinajstić information content (AvgIpc) is 2.84. The van der Waals surface area contributed by atoms with Gasteiger partial charge in [0, 0.05) is 24.0 Å². The lowest BCUT2D eigenvalue weighted by Crippen LogP contribution is -2.31. The molecule has 0 aliphatic rings. The Morgan fingerprint density at radius 2 is 2.10 bits per heavy atom. The molecule has 0 spiro atoms. The fraction of sp³-hybridized carbons (Fsp3) is 0.500. The summed E-state index contributed by atoms with van der Waals surface area (Å²) in [5.41, 5.74) is 1.23. The quantitative estimate of drug-likeness (QED) is 0.855. The summed E-state index contributed by atoms with van der Waals surface area (Å²) in [6.07, 6.45) is 3.42. The van der Waals surface area contributed by atoms with Crippen molar-refractivity contribution in [3.63, 3.8) is 0 Å². The number of halogens is 1. The molecule has 0 aliphatic carbocycles. The van der Waals surface area contributed by atoms with E-state index in [0.717, 1.165) is 30.2 Å². The third kappa shape index (κ3) is 4.83. The number of nitrogens with zero attached hydrogens (tertiary/aromatic N) is 3.